The van der Waals surface area contributed by atoms with E-state index in [9.17, 15) is 0 Å². The molecule has 0 aliphatic carbocycles. The van der Waals surface area contributed by atoms with E-state index in [1.165, 1.54) is 0 Å². The van der Waals surface area contributed by atoms with Gasteiger partial charge in [-0.05, 0) is 12.3 Å². The fourth-order valence-electron chi connectivity index (χ4n) is 0.330. The van der Waals surface area contributed by atoms with Crippen molar-refractivity contribution >= 4 is 6.21 Å². The lowest BCUT2D eigenvalue weighted by molar-refractivity contribution is 0.879. The summed E-state index contributed by atoms with van der Waals surface area (Å²) in [4.78, 5) is 3.85. The molecule has 0 aromatic heterocycles. The molecule has 1 rings (SSSR count). The van der Waals surface area contributed by atoms with Gasteiger partial charge in [0.05, 0.1) is 0 Å². The number of hydrogen-bond donors (Lipinski definition) is 1. The fraction of sp³-hybridized carbons (Fsp3) is 0.500. The molecule has 0 amide bonds. The lowest BCUT2D eigenvalue weighted by Gasteiger charge is -1.94. The zero-order chi connectivity index (χ0) is 6.24. The number of nitrogens with zero attached hydrogens (tertiary/aromatic N) is 1. The minimum absolute atomic E-state index is 0.733. The zero-order valence-electron chi connectivity index (χ0n) is 5.39. The Morgan fingerprint density at radius 2 is 2.25 bits per heavy atom. The van der Waals surface area contributed by atoms with Gasteiger partial charge < -0.3 is 5.32 Å². The van der Waals surface area contributed by atoms with E-state index in [1.807, 2.05) is 26.1 Å². The second kappa shape index (κ2) is 6.21. The Hall–Kier alpha value is -0.790. The van der Waals surface area contributed by atoms with Crippen LogP contribution in [0.5, 0.6) is 0 Å². The first-order chi connectivity index (χ1) is 4.00. The molecule has 0 unspecified atom stereocenters. The quantitative estimate of drug-likeness (QED) is 0.499. The van der Waals surface area contributed by atoms with Crippen LogP contribution in [0.4, 0.5) is 0 Å². The van der Waals surface area contributed by atoms with Crippen molar-refractivity contribution in [3.05, 3.63) is 12.3 Å². The van der Waals surface area contributed by atoms with Crippen LogP contribution in [0.25, 0.3) is 0 Å². The molecule has 0 saturated carbocycles. The molecule has 0 saturated heterocycles. The van der Waals surface area contributed by atoms with Crippen molar-refractivity contribution in [1.82, 2.24) is 5.32 Å². The van der Waals surface area contributed by atoms with Crippen LogP contribution in [0.1, 0.15) is 13.8 Å². The number of hydrogen-bond acceptors (Lipinski definition) is 2. The molecule has 1 aliphatic rings. The summed E-state index contributed by atoms with van der Waals surface area (Å²) in [6, 6.07) is 0. The monoisotopic (exact) mass is 112 g/mol. The highest BCUT2D eigenvalue weighted by Crippen LogP contribution is 1.71. The molecule has 1 aliphatic heterocycles. The van der Waals surface area contributed by atoms with Crippen LogP contribution in [0.2, 0.25) is 0 Å². The topological polar surface area (TPSA) is 24.4 Å². The van der Waals surface area contributed by atoms with Crippen molar-refractivity contribution in [1.29, 1.82) is 0 Å². The Morgan fingerprint density at radius 3 is 2.38 bits per heavy atom. The van der Waals surface area contributed by atoms with Crippen molar-refractivity contribution in [3.63, 3.8) is 0 Å². The average molecular weight is 112 g/mol. The molecular formula is C6H12N2. The molecule has 0 aromatic rings. The first kappa shape index (κ1) is 7.21. The predicted molar refractivity (Wildman–Crippen MR) is 37.0 cm³/mol. The molecule has 0 spiro atoms. The maximum absolute atomic E-state index is 3.85. The van der Waals surface area contributed by atoms with E-state index in [2.05, 4.69) is 10.3 Å². The molecule has 46 valence electrons. The summed E-state index contributed by atoms with van der Waals surface area (Å²) in [5.41, 5.74) is 0. The Morgan fingerprint density at radius 1 is 1.50 bits per heavy atom. The van der Waals surface area contributed by atoms with Gasteiger partial charge in [-0.1, -0.05) is 13.8 Å². The SMILES string of the molecule is C1=CNCN=C1.CC. The minimum Gasteiger partial charge on any atom is -0.372 e. The van der Waals surface area contributed by atoms with E-state index in [4.69, 9.17) is 0 Å². The van der Waals surface area contributed by atoms with E-state index < -0.39 is 0 Å². The van der Waals surface area contributed by atoms with Crippen LogP contribution in [0.15, 0.2) is 17.3 Å². The number of aliphatic imine (C=N–C) groups is 1. The zero-order valence-corrected chi connectivity index (χ0v) is 5.39. The molecule has 2 heteroatoms. The van der Waals surface area contributed by atoms with Crippen molar-refractivity contribution in [2.45, 2.75) is 13.8 Å². The van der Waals surface area contributed by atoms with Crippen LogP contribution in [0, 0.1) is 0 Å². The number of rotatable bonds is 0. The Bertz CT molecular complexity index is 72.5. The molecule has 8 heavy (non-hydrogen) atoms. The molecule has 2 nitrogen and oxygen atoms in total. The lowest BCUT2D eigenvalue weighted by atomic mass is 10.6. The third-order valence-corrected chi connectivity index (χ3v) is 0.588. The summed E-state index contributed by atoms with van der Waals surface area (Å²) in [6.45, 7) is 4.73. The van der Waals surface area contributed by atoms with Crippen molar-refractivity contribution in [2.75, 3.05) is 6.67 Å². The summed E-state index contributed by atoms with van der Waals surface area (Å²) in [7, 11) is 0. The van der Waals surface area contributed by atoms with Crippen LogP contribution in [-0.4, -0.2) is 12.9 Å². The molecule has 0 atom stereocenters. The van der Waals surface area contributed by atoms with Gasteiger partial charge in [0.2, 0.25) is 0 Å². The van der Waals surface area contributed by atoms with Gasteiger partial charge in [-0.2, -0.15) is 0 Å². The first-order valence-electron chi connectivity index (χ1n) is 2.88. The largest absolute Gasteiger partial charge is 0.372 e. The smallest absolute Gasteiger partial charge is 0.107 e. The fourth-order valence-corrected chi connectivity index (χ4v) is 0.330. The Kier molecular flexibility index (Phi) is 5.60. The Labute approximate surface area is 50.3 Å². The minimum atomic E-state index is 0.733. The molecule has 0 aromatic carbocycles. The maximum atomic E-state index is 3.85. The second-order valence-electron chi connectivity index (χ2n) is 1.05. The molecule has 0 bridgehead atoms. The van der Waals surface area contributed by atoms with Crippen LogP contribution in [0.3, 0.4) is 0 Å². The highest BCUT2D eigenvalue weighted by atomic mass is 15.0. The number of nitrogens with one attached hydrogen (secondary N) is 1. The summed E-state index contributed by atoms with van der Waals surface area (Å²) in [5, 5.41) is 2.91. The summed E-state index contributed by atoms with van der Waals surface area (Å²) >= 11 is 0. The van der Waals surface area contributed by atoms with Crippen molar-refractivity contribution < 1.29 is 0 Å². The van der Waals surface area contributed by atoms with E-state index >= 15 is 0 Å². The first-order valence-corrected chi connectivity index (χ1v) is 2.88. The second-order valence-corrected chi connectivity index (χ2v) is 1.05. The molecule has 0 fully saturated rings. The van der Waals surface area contributed by atoms with Gasteiger partial charge in [-0.25, -0.2) is 0 Å². The normalized spacial score (nSPS) is 13.8. The van der Waals surface area contributed by atoms with Gasteiger partial charge >= 0.3 is 0 Å². The van der Waals surface area contributed by atoms with E-state index in [-0.39, 0.29) is 0 Å². The standard InChI is InChI=1S/C4H6N2.C2H6/c1-2-5-4-6-3-1;1-2/h1-3,5H,4H2;1-2H3. The highest BCUT2D eigenvalue weighted by Gasteiger charge is 1.73. The van der Waals surface area contributed by atoms with Gasteiger partial charge in [0.15, 0.2) is 0 Å². The van der Waals surface area contributed by atoms with E-state index in [1.54, 1.807) is 6.21 Å². The third-order valence-electron chi connectivity index (χ3n) is 0.588. The predicted octanol–water partition coefficient (Wildman–Crippen LogP) is 1.16. The maximum Gasteiger partial charge on any atom is 0.107 e. The third kappa shape index (κ3) is 3.40. The van der Waals surface area contributed by atoms with E-state index in [0.29, 0.717) is 0 Å². The van der Waals surface area contributed by atoms with Crippen molar-refractivity contribution in [3.8, 4) is 0 Å². The van der Waals surface area contributed by atoms with Gasteiger partial charge in [0.1, 0.15) is 6.67 Å². The molecule has 1 heterocycles. The van der Waals surface area contributed by atoms with Gasteiger partial charge in [-0.15, -0.1) is 0 Å². The summed E-state index contributed by atoms with van der Waals surface area (Å²) in [6.07, 6.45) is 5.51. The highest BCUT2D eigenvalue weighted by molar-refractivity contribution is 5.71. The van der Waals surface area contributed by atoms with E-state index in [0.717, 1.165) is 6.67 Å². The van der Waals surface area contributed by atoms with Gasteiger partial charge in [-0.3, -0.25) is 4.99 Å². The summed E-state index contributed by atoms with van der Waals surface area (Å²) < 4.78 is 0. The van der Waals surface area contributed by atoms with Crippen LogP contribution in [-0.2, 0) is 0 Å². The lowest BCUT2D eigenvalue weighted by Crippen LogP contribution is -2.06. The van der Waals surface area contributed by atoms with Gasteiger partial charge in [0, 0.05) is 6.21 Å². The Balaban J connectivity index is 0.000000222. The average Bonchev–Trinajstić information content (AvgIpc) is 1.96. The van der Waals surface area contributed by atoms with Gasteiger partial charge in [0.25, 0.3) is 0 Å². The van der Waals surface area contributed by atoms with Crippen LogP contribution >= 0.6 is 0 Å². The molecule has 1 N–H and O–H groups in total. The molecular weight excluding hydrogens is 100 g/mol. The van der Waals surface area contributed by atoms with Crippen molar-refractivity contribution in [2.24, 2.45) is 4.99 Å². The molecule has 0 radical (unpaired) electrons. The summed E-state index contributed by atoms with van der Waals surface area (Å²) in [5.74, 6) is 0. The number of allylic oxidation sites excluding steroid dienone is 1. The van der Waals surface area contributed by atoms with Crippen LogP contribution < -0.4 is 5.32 Å².